The van der Waals surface area contributed by atoms with Crippen molar-refractivity contribution in [1.82, 2.24) is 9.97 Å². The fourth-order valence-electron chi connectivity index (χ4n) is 1.88. The standard InChI is InChI=1S/C14H11BrClIN2S/c15-9-3-1-2-4-10(9)20-7-11-18-13(8-5-6-8)12(17)14(16)19-11/h1-4,8H,5-7H2. The van der Waals surface area contributed by atoms with Gasteiger partial charge in [-0.05, 0) is 63.5 Å². The molecule has 3 rings (SSSR count). The van der Waals surface area contributed by atoms with E-state index in [9.17, 15) is 0 Å². The van der Waals surface area contributed by atoms with Gasteiger partial charge in [-0.15, -0.1) is 11.8 Å². The lowest BCUT2D eigenvalue weighted by Gasteiger charge is -2.08. The lowest BCUT2D eigenvalue weighted by atomic mass is 10.3. The average Bonchev–Trinajstić information content (AvgIpc) is 3.26. The van der Waals surface area contributed by atoms with Gasteiger partial charge in [0.15, 0.2) is 0 Å². The van der Waals surface area contributed by atoms with E-state index in [0.717, 1.165) is 25.3 Å². The summed E-state index contributed by atoms with van der Waals surface area (Å²) >= 11 is 13.8. The predicted octanol–water partition coefficient (Wildman–Crippen LogP) is 5.67. The SMILES string of the molecule is Clc1nc(CSc2ccccc2Br)nc(C2CC2)c1I. The summed E-state index contributed by atoms with van der Waals surface area (Å²) in [4.78, 5) is 10.3. The van der Waals surface area contributed by atoms with Gasteiger partial charge in [0.05, 0.1) is 15.0 Å². The Balaban J connectivity index is 1.79. The monoisotopic (exact) mass is 480 g/mol. The Morgan fingerprint density at radius 2 is 2.05 bits per heavy atom. The van der Waals surface area contributed by atoms with Gasteiger partial charge >= 0.3 is 0 Å². The van der Waals surface area contributed by atoms with Crippen LogP contribution in [0.1, 0.15) is 30.3 Å². The Hall–Kier alpha value is 0.150. The minimum absolute atomic E-state index is 0.588. The molecule has 0 unspecified atom stereocenters. The Labute approximate surface area is 149 Å². The number of hydrogen-bond donors (Lipinski definition) is 0. The molecule has 1 aromatic heterocycles. The summed E-state index contributed by atoms with van der Waals surface area (Å²) in [5, 5.41) is 0.588. The summed E-state index contributed by atoms with van der Waals surface area (Å²) in [6.07, 6.45) is 2.44. The molecule has 0 aliphatic heterocycles. The van der Waals surface area contributed by atoms with Gasteiger partial charge in [-0.25, -0.2) is 9.97 Å². The van der Waals surface area contributed by atoms with Crippen molar-refractivity contribution >= 4 is 61.9 Å². The molecule has 0 bridgehead atoms. The van der Waals surface area contributed by atoms with E-state index in [1.165, 1.54) is 17.7 Å². The van der Waals surface area contributed by atoms with E-state index in [1.54, 1.807) is 11.8 Å². The van der Waals surface area contributed by atoms with Crippen LogP contribution in [0.3, 0.4) is 0 Å². The molecule has 1 aromatic carbocycles. The van der Waals surface area contributed by atoms with Gasteiger partial charge in [-0.2, -0.15) is 0 Å². The summed E-state index contributed by atoms with van der Waals surface area (Å²) < 4.78 is 2.12. The smallest absolute Gasteiger partial charge is 0.146 e. The fraction of sp³-hybridized carbons (Fsp3) is 0.286. The Bertz CT molecular complexity index is 649. The summed E-state index contributed by atoms with van der Waals surface area (Å²) in [5.41, 5.74) is 1.13. The van der Waals surface area contributed by atoms with Gasteiger partial charge in [0.1, 0.15) is 11.0 Å². The first-order valence-corrected chi connectivity index (χ1v) is 9.48. The quantitative estimate of drug-likeness (QED) is 0.320. The van der Waals surface area contributed by atoms with Crippen LogP contribution in [-0.2, 0) is 5.75 Å². The highest BCUT2D eigenvalue weighted by atomic mass is 127. The molecule has 20 heavy (non-hydrogen) atoms. The van der Waals surface area contributed by atoms with Crippen molar-refractivity contribution in [2.24, 2.45) is 0 Å². The second kappa shape index (κ2) is 6.50. The highest BCUT2D eigenvalue weighted by molar-refractivity contribution is 14.1. The first-order valence-electron chi connectivity index (χ1n) is 6.24. The third-order valence-corrected chi connectivity index (χ3v) is 6.72. The maximum Gasteiger partial charge on any atom is 0.146 e. The number of halogens is 3. The van der Waals surface area contributed by atoms with Gasteiger partial charge in [-0.1, -0.05) is 23.7 Å². The highest BCUT2D eigenvalue weighted by Crippen LogP contribution is 2.42. The summed E-state index contributed by atoms with van der Waals surface area (Å²) in [6.45, 7) is 0. The highest BCUT2D eigenvalue weighted by Gasteiger charge is 2.29. The van der Waals surface area contributed by atoms with Crippen LogP contribution in [0.4, 0.5) is 0 Å². The summed E-state index contributed by atoms with van der Waals surface area (Å²) in [5.74, 6) is 2.14. The normalized spacial score (nSPS) is 14.6. The molecule has 1 fully saturated rings. The van der Waals surface area contributed by atoms with Crippen molar-refractivity contribution in [1.29, 1.82) is 0 Å². The molecular formula is C14H11BrClIN2S. The molecule has 6 heteroatoms. The zero-order valence-electron chi connectivity index (χ0n) is 10.4. The first kappa shape index (κ1) is 15.1. The van der Waals surface area contributed by atoms with E-state index in [1.807, 2.05) is 18.2 Å². The van der Waals surface area contributed by atoms with Crippen molar-refractivity contribution in [2.45, 2.75) is 29.4 Å². The number of thioether (sulfide) groups is 1. The molecule has 0 saturated heterocycles. The second-order valence-corrected chi connectivity index (χ2v) is 7.93. The van der Waals surface area contributed by atoms with Crippen molar-refractivity contribution in [3.8, 4) is 0 Å². The van der Waals surface area contributed by atoms with Gasteiger partial charge in [0.2, 0.25) is 0 Å². The van der Waals surface area contributed by atoms with E-state index in [-0.39, 0.29) is 0 Å². The van der Waals surface area contributed by atoms with Gasteiger partial charge in [-0.3, -0.25) is 0 Å². The van der Waals surface area contributed by atoms with Crippen LogP contribution in [0.25, 0.3) is 0 Å². The molecule has 104 valence electrons. The summed E-state index contributed by atoms with van der Waals surface area (Å²) in [7, 11) is 0. The van der Waals surface area contributed by atoms with Crippen molar-refractivity contribution in [2.75, 3.05) is 0 Å². The van der Waals surface area contributed by atoms with Gasteiger partial charge in [0.25, 0.3) is 0 Å². The molecule has 1 aliphatic carbocycles. The van der Waals surface area contributed by atoms with Crippen LogP contribution in [0.2, 0.25) is 5.15 Å². The molecule has 2 aromatic rings. The molecule has 1 aliphatic rings. The molecule has 0 spiro atoms. The van der Waals surface area contributed by atoms with E-state index in [0.29, 0.717) is 11.1 Å². The van der Waals surface area contributed by atoms with Crippen LogP contribution in [0.15, 0.2) is 33.6 Å². The van der Waals surface area contributed by atoms with E-state index < -0.39 is 0 Å². The lowest BCUT2D eigenvalue weighted by molar-refractivity contribution is 0.918. The maximum atomic E-state index is 6.23. The molecule has 0 radical (unpaired) electrons. The first-order chi connectivity index (χ1) is 9.65. The van der Waals surface area contributed by atoms with E-state index in [4.69, 9.17) is 16.6 Å². The average molecular weight is 482 g/mol. The van der Waals surface area contributed by atoms with Crippen molar-refractivity contribution in [3.05, 3.63) is 49.0 Å². The van der Waals surface area contributed by atoms with Crippen molar-refractivity contribution < 1.29 is 0 Å². The van der Waals surface area contributed by atoms with Crippen LogP contribution >= 0.6 is 61.9 Å². The number of benzene rings is 1. The molecular weight excluding hydrogens is 470 g/mol. The zero-order chi connectivity index (χ0) is 14.1. The Morgan fingerprint density at radius 3 is 2.75 bits per heavy atom. The van der Waals surface area contributed by atoms with Gasteiger partial charge in [0, 0.05) is 15.3 Å². The van der Waals surface area contributed by atoms with Crippen LogP contribution in [0, 0.1) is 3.57 Å². The molecule has 1 saturated carbocycles. The maximum absolute atomic E-state index is 6.23. The van der Waals surface area contributed by atoms with Crippen LogP contribution in [-0.4, -0.2) is 9.97 Å². The number of aromatic nitrogens is 2. The Kier molecular flexibility index (Phi) is 4.90. The minimum atomic E-state index is 0.588. The fourth-order valence-corrected chi connectivity index (χ4v) is 4.18. The van der Waals surface area contributed by atoms with Crippen LogP contribution < -0.4 is 0 Å². The Morgan fingerprint density at radius 1 is 1.30 bits per heavy atom. The zero-order valence-corrected chi connectivity index (χ0v) is 15.8. The summed E-state index contributed by atoms with van der Waals surface area (Å²) in [6, 6.07) is 8.17. The van der Waals surface area contributed by atoms with Gasteiger partial charge < -0.3 is 0 Å². The topological polar surface area (TPSA) is 25.8 Å². The molecule has 0 N–H and O–H groups in total. The van der Waals surface area contributed by atoms with Crippen LogP contribution in [0.5, 0.6) is 0 Å². The van der Waals surface area contributed by atoms with E-state index in [2.05, 4.69) is 49.6 Å². The number of hydrogen-bond acceptors (Lipinski definition) is 3. The third-order valence-electron chi connectivity index (χ3n) is 3.04. The van der Waals surface area contributed by atoms with E-state index >= 15 is 0 Å². The third kappa shape index (κ3) is 3.48. The minimum Gasteiger partial charge on any atom is -0.236 e. The second-order valence-electron chi connectivity index (χ2n) is 4.62. The largest absolute Gasteiger partial charge is 0.236 e. The number of nitrogens with zero attached hydrogens (tertiary/aromatic N) is 2. The molecule has 0 amide bonds. The molecule has 0 atom stereocenters. The lowest BCUT2D eigenvalue weighted by Crippen LogP contribution is -2.01. The molecule has 2 nitrogen and oxygen atoms in total. The predicted molar refractivity (Wildman–Crippen MR) is 95.4 cm³/mol. The molecule has 1 heterocycles. The van der Waals surface area contributed by atoms with Crippen molar-refractivity contribution in [3.63, 3.8) is 0 Å². The number of rotatable bonds is 4.